The predicted octanol–water partition coefficient (Wildman–Crippen LogP) is 3.70. The number of carbonyl (C=O) groups excluding carboxylic acids is 1. The molecule has 0 radical (unpaired) electrons. The van der Waals surface area contributed by atoms with Crippen LogP contribution in [0.25, 0.3) is 0 Å². The molecule has 25 heavy (non-hydrogen) atoms. The smallest absolute Gasteiger partial charge is 0.220 e. The minimum atomic E-state index is -1.25. The maximum absolute atomic E-state index is 12.9. The average Bonchev–Trinajstić information content (AvgIpc) is 2.59. The van der Waals surface area contributed by atoms with Gasteiger partial charge in [-0.25, -0.2) is 8.78 Å². The van der Waals surface area contributed by atoms with Gasteiger partial charge in [0.15, 0.2) is 0 Å². The van der Waals surface area contributed by atoms with Crippen molar-refractivity contribution < 1.29 is 18.7 Å². The summed E-state index contributed by atoms with van der Waals surface area (Å²) >= 11 is 0. The van der Waals surface area contributed by atoms with E-state index in [1.165, 1.54) is 36.4 Å². The second-order valence-corrected chi connectivity index (χ2v) is 6.39. The minimum absolute atomic E-state index is 0.0649. The molecule has 5 heteroatoms. The zero-order chi connectivity index (χ0) is 18.3. The molecule has 0 aliphatic carbocycles. The molecule has 1 amide bonds. The molecule has 0 aliphatic heterocycles. The second-order valence-electron chi connectivity index (χ2n) is 6.39. The molecule has 0 saturated heterocycles. The molecule has 2 rings (SSSR count). The predicted molar refractivity (Wildman–Crippen MR) is 92.9 cm³/mol. The van der Waals surface area contributed by atoms with E-state index in [0.717, 1.165) is 18.4 Å². The Bertz CT molecular complexity index is 682. The summed E-state index contributed by atoms with van der Waals surface area (Å²) in [5.41, 5.74) is 0.337. The summed E-state index contributed by atoms with van der Waals surface area (Å²) in [4.78, 5) is 11.9. The number of unbranched alkanes of at least 4 members (excludes halogenated alkanes) is 1. The van der Waals surface area contributed by atoms with E-state index in [-0.39, 0.29) is 24.1 Å². The number of aliphatic hydroxyl groups is 1. The average molecular weight is 347 g/mol. The molecular weight excluding hydrogens is 324 g/mol. The van der Waals surface area contributed by atoms with Crippen molar-refractivity contribution in [2.45, 2.75) is 38.2 Å². The van der Waals surface area contributed by atoms with Crippen molar-refractivity contribution in [1.29, 1.82) is 0 Å². The number of hydrogen-bond donors (Lipinski definition) is 2. The summed E-state index contributed by atoms with van der Waals surface area (Å²) in [6.07, 6.45) is 2.69. The fraction of sp³-hybridized carbons (Fsp3) is 0.350. The number of nitrogens with one attached hydrogen (secondary N) is 1. The van der Waals surface area contributed by atoms with Gasteiger partial charge in [0, 0.05) is 6.42 Å². The van der Waals surface area contributed by atoms with Gasteiger partial charge in [-0.2, -0.15) is 0 Å². The summed E-state index contributed by atoms with van der Waals surface area (Å²) in [7, 11) is 0. The lowest BCUT2D eigenvalue weighted by atomic mass is 9.96. The Kier molecular flexibility index (Phi) is 6.65. The first kappa shape index (κ1) is 19.1. The molecule has 3 nitrogen and oxygen atoms in total. The lowest BCUT2D eigenvalue weighted by Gasteiger charge is -2.24. The monoisotopic (exact) mass is 347 g/mol. The SMILES string of the molecule is CC(O)(CNC(=O)CCCCc1ccc(F)cc1)c1ccc(F)cc1. The van der Waals surface area contributed by atoms with Gasteiger partial charge in [-0.15, -0.1) is 0 Å². The highest BCUT2D eigenvalue weighted by atomic mass is 19.1. The molecular formula is C20H23F2NO2. The van der Waals surface area contributed by atoms with Crippen LogP contribution in [0, 0.1) is 11.6 Å². The molecule has 0 saturated carbocycles. The molecule has 2 N–H and O–H groups in total. The second kappa shape index (κ2) is 8.72. The maximum Gasteiger partial charge on any atom is 0.220 e. The fourth-order valence-electron chi connectivity index (χ4n) is 2.54. The van der Waals surface area contributed by atoms with Crippen LogP contribution in [-0.4, -0.2) is 17.6 Å². The summed E-state index contributed by atoms with van der Waals surface area (Å²) in [5, 5.41) is 13.1. The molecule has 1 atom stereocenters. The molecule has 0 spiro atoms. The molecule has 134 valence electrons. The van der Waals surface area contributed by atoms with E-state index < -0.39 is 5.60 Å². The number of amides is 1. The van der Waals surface area contributed by atoms with Crippen molar-refractivity contribution in [1.82, 2.24) is 5.32 Å². The summed E-state index contributed by atoms with van der Waals surface area (Å²) in [5.74, 6) is -0.762. The molecule has 0 heterocycles. The van der Waals surface area contributed by atoms with Crippen LogP contribution < -0.4 is 5.32 Å². The van der Waals surface area contributed by atoms with Crippen molar-refractivity contribution in [3.8, 4) is 0 Å². The Hall–Kier alpha value is -2.27. The third kappa shape index (κ3) is 6.27. The molecule has 2 aromatic carbocycles. The first-order valence-corrected chi connectivity index (χ1v) is 8.36. The first-order chi connectivity index (χ1) is 11.9. The van der Waals surface area contributed by atoms with E-state index in [2.05, 4.69) is 5.32 Å². The van der Waals surface area contributed by atoms with E-state index in [4.69, 9.17) is 0 Å². The van der Waals surface area contributed by atoms with Gasteiger partial charge < -0.3 is 10.4 Å². The first-order valence-electron chi connectivity index (χ1n) is 8.36. The standard InChI is InChI=1S/C20H23F2NO2/c1-20(25,16-8-12-18(22)13-9-16)14-23-19(24)5-3-2-4-15-6-10-17(21)11-7-15/h6-13,25H,2-5,14H2,1H3,(H,23,24). The Morgan fingerprint density at radius 2 is 1.56 bits per heavy atom. The molecule has 0 aliphatic rings. The van der Waals surface area contributed by atoms with Gasteiger partial charge in [0.05, 0.1) is 6.54 Å². The Labute approximate surface area is 146 Å². The van der Waals surface area contributed by atoms with E-state index >= 15 is 0 Å². The van der Waals surface area contributed by atoms with Gasteiger partial charge in [-0.05, 0) is 61.6 Å². The normalized spacial score (nSPS) is 13.3. The van der Waals surface area contributed by atoms with Crippen molar-refractivity contribution >= 4 is 5.91 Å². The molecule has 0 fully saturated rings. The Morgan fingerprint density at radius 3 is 2.16 bits per heavy atom. The zero-order valence-electron chi connectivity index (χ0n) is 14.3. The number of halogens is 2. The highest BCUT2D eigenvalue weighted by molar-refractivity contribution is 5.75. The lowest BCUT2D eigenvalue weighted by Crippen LogP contribution is -2.38. The minimum Gasteiger partial charge on any atom is -0.384 e. The van der Waals surface area contributed by atoms with Gasteiger partial charge in [-0.1, -0.05) is 24.3 Å². The summed E-state index contributed by atoms with van der Waals surface area (Å²) in [6.45, 7) is 1.64. The van der Waals surface area contributed by atoms with E-state index in [9.17, 15) is 18.7 Å². The molecule has 0 bridgehead atoms. The van der Waals surface area contributed by atoms with Gasteiger partial charge in [0.1, 0.15) is 17.2 Å². The van der Waals surface area contributed by atoms with Crippen molar-refractivity contribution in [3.05, 3.63) is 71.3 Å². The molecule has 2 aromatic rings. The molecule has 1 unspecified atom stereocenters. The summed E-state index contributed by atoms with van der Waals surface area (Å²) < 4.78 is 25.7. The largest absolute Gasteiger partial charge is 0.384 e. The lowest BCUT2D eigenvalue weighted by molar-refractivity contribution is -0.122. The quantitative estimate of drug-likeness (QED) is 0.716. The van der Waals surface area contributed by atoms with Crippen molar-refractivity contribution in [2.75, 3.05) is 6.54 Å². The van der Waals surface area contributed by atoms with Crippen molar-refractivity contribution in [3.63, 3.8) is 0 Å². The van der Waals surface area contributed by atoms with Gasteiger partial charge in [0.2, 0.25) is 5.91 Å². The van der Waals surface area contributed by atoms with Crippen LogP contribution in [-0.2, 0) is 16.8 Å². The fourth-order valence-corrected chi connectivity index (χ4v) is 2.54. The number of rotatable bonds is 8. The Balaban J connectivity index is 1.69. The van der Waals surface area contributed by atoms with E-state index in [1.54, 1.807) is 19.1 Å². The van der Waals surface area contributed by atoms with Crippen LogP contribution >= 0.6 is 0 Å². The van der Waals surface area contributed by atoms with Gasteiger partial charge in [-0.3, -0.25) is 4.79 Å². The Morgan fingerprint density at radius 1 is 1.00 bits per heavy atom. The highest BCUT2D eigenvalue weighted by Gasteiger charge is 2.23. The topological polar surface area (TPSA) is 49.3 Å². The van der Waals surface area contributed by atoms with Crippen LogP contribution in [0.1, 0.15) is 37.3 Å². The van der Waals surface area contributed by atoms with E-state index in [1.807, 2.05) is 0 Å². The number of benzene rings is 2. The summed E-state index contributed by atoms with van der Waals surface area (Å²) in [6, 6.07) is 11.9. The number of hydrogen-bond acceptors (Lipinski definition) is 2. The van der Waals surface area contributed by atoms with Crippen LogP contribution in [0.4, 0.5) is 8.78 Å². The number of aryl methyl sites for hydroxylation is 1. The maximum atomic E-state index is 12.9. The van der Waals surface area contributed by atoms with Gasteiger partial charge >= 0.3 is 0 Å². The van der Waals surface area contributed by atoms with Crippen LogP contribution in [0.5, 0.6) is 0 Å². The van der Waals surface area contributed by atoms with Gasteiger partial charge in [0.25, 0.3) is 0 Å². The molecule has 0 aromatic heterocycles. The van der Waals surface area contributed by atoms with E-state index in [0.29, 0.717) is 18.4 Å². The van der Waals surface area contributed by atoms with Crippen LogP contribution in [0.2, 0.25) is 0 Å². The van der Waals surface area contributed by atoms with Crippen LogP contribution in [0.3, 0.4) is 0 Å². The zero-order valence-corrected chi connectivity index (χ0v) is 14.3. The van der Waals surface area contributed by atoms with Crippen molar-refractivity contribution in [2.24, 2.45) is 0 Å². The third-order valence-electron chi connectivity index (χ3n) is 4.13. The number of carbonyl (C=O) groups is 1. The third-order valence-corrected chi connectivity index (χ3v) is 4.13. The highest BCUT2D eigenvalue weighted by Crippen LogP contribution is 2.20. The van der Waals surface area contributed by atoms with Crippen LogP contribution in [0.15, 0.2) is 48.5 Å².